The van der Waals surface area contributed by atoms with Crippen molar-refractivity contribution in [3.8, 4) is 6.07 Å². The maximum Gasteiger partial charge on any atom is 0.243 e. The van der Waals surface area contributed by atoms with Crippen LogP contribution in [0.4, 0.5) is 4.39 Å². The van der Waals surface area contributed by atoms with Gasteiger partial charge in [0.15, 0.2) is 5.92 Å². The van der Waals surface area contributed by atoms with Gasteiger partial charge in [-0.1, -0.05) is 42.5 Å². The summed E-state index contributed by atoms with van der Waals surface area (Å²) in [5.41, 5.74) is 2.23. The highest BCUT2D eigenvalue weighted by atomic mass is 19.1. The first kappa shape index (κ1) is 18.3. The quantitative estimate of drug-likeness (QED) is 0.788. The Morgan fingerprint density at radius 3 is 2.60 bits per heavy atom. The second-order valence-electron chi connectivity index (χ2n) is 5.68. The van der Waals surface area contributed by atoms with Crippen molar-refractivity contribution in [2.24, 2.45) is 10.9 Å². The zero-order valence-corrected chi connectivity index (χ0v) is 14.1. The molecule has 2 aromatic carbocycles. The Balaban J connectivity index is 1.89. The molecule has 0 aliphatic rings. The van der Waals surface area contributed by atoms with Gasteiger partial charge < -0.3 is 5.32 Å². The molecule has 0 aliphatic heterocycles. The van der Waals surface area contributed by atoms with Gasteiger partial charge in [0.1, 0.15) is 5.82 Å². The van der Waals surface area contributed by atoms with E-state index in [-0.39, 0.29) is 18.3 Å². The van der Waals surface area contributed by atoms with Gasteiger partial charge in [-0.2, -0.15) is 5.26 Å². The van der Waals surface area contributed by atoms with Crippen molar-refractivity contribution < 1.29 is 9.18 Å². The molecule has 0 aromatic heterocycles. The molecule has 2 aromatic rings. The number of nitrogens with one attached hydrogen (secondary N) is 1. The van der Waals surface area contributed by atoms with Crippen LogP contribution in [0.3, 0.4) is 0 Å². The van der Waals surface area contributed by atoms with Gasteiger partial charge in [-0.3, -0.25) is 9.79 Å². The van der Waals surface area contributed by atoms with Gasteiger partial charge in [-0.05, 0) is 36.6 Å². The number of hydrogen-bond acceptors (Lipinski definition) is 3. The van der Waals surface area contributed by atoms with E-state index in [4.69, 9.17) is 0 Å². The highest BCUT2D eigenvalue weighted by Crippen LogP contribution is 2.07. The number of benzene rings is 2. The second-order valence-corrected chi connectivity index (χ2v) is 5.68. The topological polar surface area (TPSA) is 65.2 Å². The molecule has 1 atom stereocenters. The van der Waals surface area contributed by atoms with Gasteiger partial charge in [0.25, 0.3) is 0 Å². The van der Waals surface area contributed by atoms with Gasteiger partial charge in [-0.25, -0.2) is 4.39 Å². The molecule has 0 heterocycles. The third kappa shape index (κ3) is 5.85. The van der Waals surface area contributed by atoms with Crippen molar-refractivity contribution in [2.45, 2.75) is 19.9 Å². The number of hydrogen-bond donors (Lipinski definition) is 1. The number of carbonyl (C=O) groups excluding carboxylic acids is 1. The number of amides is 1. The van der Waals surface area contributed by atoms with Crippen LogP contribution in [-0.2, 0) is 17.8 Å². The number of rotatable bonds is 7. The van der Waals surface area contributed by atoms with E-state index >= 15 is 0 Å². The molecule has 1 amide bonds. The summed E-state index contributed by atoms with van der Waals surface area (Å²) in [5.74, 6) is -1.64. The summed E-state index contributed by atoms with van der Waals surface area (Å²) in [7, 11) is 0. The van der Waals surface area contributed by atoms with Crippen molar-refractivity contribution in [3.05, 3.63) is 71.5 Å². The summed E-state index contributed by atoms with van der Waals surface area (Å²) in [6.07, 6.45) is 0.699. The third-order valence-corrected chi connectivity index (χ3v) is 3.76. The van der Waals surface area contributed by atoms with Crippen LogP contribution in [0.25, 0.3) is 0 Å². The Hall–Kier alpha value is -3.00. The molecule has 1 unspecified atom stereocenters. The first-order valence-corrected chi connectivity index (χ1v) is 8.07. The predicted octanol–water partition coefficient (Wildman–Crippen LogP) is 3.29. The van der Waals surface area contributed by atoms with E-state index in [2.05, 4.69) is 10.3 Å². The Morgan fingerprint density at radius 2 is 1.92 bits per heavy atom. The Kier molecular flexibility index (Phi) is 6.85. The summed E-state index contributed by atoms with van der Waals surface area (Å²) < 4.78 is 13.2. The zero-order valence-electron chi connectivity index (χ0n) is 14.1. The minimum Gasteiger partial charge on any atom is -0.354 e. The minimum atomic E-state index is -0.940. The van der Waals surface area contributed by atoms with E-state index in [1.165, 1.54) is 12.1 Å². The lowest BCUT2D eigenvalue weighted by Crippen LogP contribution is -2.35. The monoisotopic (exact) mass is 337 g/mol. The molecular formula is C20H20FN3O. The highest BCUT2D eigenvalue weighted by molar-refractivity contribution is 6.05. The average molecular weight is 337 g/mol. The molecule has 0 saturated carbocycles. The van der Waals surface area contributed by atoms with Crippen LogP contribution in [0.2, 0.25) is 0 Å². The third-order valence-electron chi connectivity index (χ3n) is 3.76. The van der Waals surface area contributed by atoms with Gasteiger partial charge in [0, 0.05) is 12.3 Å². The fourth-order valence-electron chi connectivity index (χ4n) is 2.36. The zero-order chi connectivity index (χ0) is 18.1. The first-order valence-electron chi connectivity index (χ1n) is 8.07. The number of halogens is 1. The molecule has 5 heteroatoms. The number of aliphatic imine (C=N–C) groups is 1. The molecule has 25 heavy (non-hydrogen) atoms. The summed E-state index contributed by atoms with van der Waals surface area (Å²) in [5, 5.41) is 12.0. The van der Waals surface area contributed by atoms with Gasteiger partial charge in [0.05, 0.1) is 12.6 Å². The average Bonchev–Trinajstić information content (AvgIpc) is 2.61. The van der Waals surface area contributed by atoms with Crippen molar-refractivity contribution in [2.75, 3.05) is 6.54 Å². The fraction of sp³-hybridized carbons (Fsp3) is 0.250. The number of nitrogens with zero attached hydrogens (tertiary/aromatic N) is 2. The molecule has 0 spiro atoms. The Morgan fingerprint density at radius 1 is 1.20 bits per heavy atom. The van der Waals surface area contributed by atoms with E-state index in [1.54, 1.807) is 19.1 Å². The molecule has 2 rings (SSSR count). The normalized spacial score (nSPS) is 12.3. The largest absolute Gasteiger partial charge is 0.354 e. The van der Waals surface area contributed by atoms with Crippen LogP contribution in [0.15, 0.2) is 59.6 Å². The molecule has 4 nitrogen and oxygen atoms in total. The maximum absolute atomic E-state index is 13.2. The standard InChI is InChI=1S/C20H20FN3O/c1-15(24-14-17-8-5-9-18(21)12-17)19(13-22)20(25)23-11-10-16-6-3-2-4-7-16/h2-9,12,19H,10-11,14H2,1H3,(H,23,25). The SMILES string of the molecule is CC(=NCc1cccc(F)c1)C(C#N)C(=O)NCCc1ccccc1. The smallest absolute Gasteiger partial charge is 0.243 e. The van der Waals surface area contributed by atoms with Crippen LogP contribution in [0.1, 0.15) is 18.1 Å². The predicted molar refractivity (Wildman–Crippen MR) is 95.5 cm³/mol. The number of nitriles is 1. The molecule has 0 bridgehead atoms. The van der Waals surface area contributed by atoms with Crippen molar-refractivity contribution in [3.63, 3.8) is 0 Å². The molecule has 0 aliphatic carbocycles. The van der Waals surface area contributed by atoms with Gasteiger partial charge in [0.2, 0.25) is 5.91 Å². The van der Waals surface area contributed by atoms with Crippen LogP contribution in [0, 0.1) is 23.1 Å². The van der Waals surface area contributed by atoms with Crippen molar-refractivity contribution in [1.82, 2.24) is 5.32 Å². The van der Waals surface area contributed by atoms with E-state index in [0.717, 1.165) is 5.56 Å². The molecule has 128 valence electrons. The first-order chi connectivity index (χ1) is 12.1. The molecule has 0 fully saturated rings. The van der Waals surface area contributed by atoms with Crippen LogP contribution in [-0.4, -0.2) is 18.2 Å². The molecule has 0 radical (unpaired) electrons. The summed E-state index contributed by atoms with van der Waals surface area (Å²) >= 11 is 0. The van der Waals surface area contributed by atoms with Crippen LogP contribution in [0.5, 0.6) is 0 Å². The Labute approximate surface area is 147 Å². The number of carbonyl (C=O) groups is 1. The van der Waals surface area contributed by atoms with Crippen LogP contribution < -0.4 is 5.32 Å². The maximum atomic E-state index is 13.2. The molecule has 0 saturated heterocycles. The highest BCUT2D eigenvalue weighted by Gasteiger charge is 2.20. The molecular weight excluding hydrogens is 317 g/mol. The van der Waals surface area contributed by atoms with E-state index in [9.17, 15) is 14.4 Å². The second kappa shape index (κ2) is 9.33. The van der Waals surface area contributed by atoms with E-state index in [1.807, 2.05) is 36.4 Å². The summed E-state index contributed by atoms with van der Waals surface area (Å²) in [6.45, 7) is 2.33. The van der Waals surface area contributed by atoms with Gasteiger partial charge >= 0.3 is 0 Å². The lowest BCUT2D eigenvalue weighted by molar-refractivity contribution is -0.121. The van der Waals surface area contributed by atoms with Crippen molar-refractivity contribution >= 4 is 11.6 Å². The molecule has 1 N–H and O–H groups in total. The lowest BCUT2D eigenvalue weighted by atomic mass is 10.0. The summed E-state index contributed by atoms with van der Waals surface area (Å²) in [6, 6.07) is 17.9. The summed E-state index contributed by atoms with van der Waals surface area (Å²) in [4.78, 5) is 16.5. The van der Waals surface area contributed by atoms with Gasteiger partial charge in [-0.15, -0.1) is 0 Å². The lowest BCUT2D eigenvalue weighted by Gasteiger charge is -2.10. The van der Waals surface area contributed by atoms with E-state index < -0.39 is 5.92 Å². The van der Waals surface area contributed by atoms with Crippen molar-refractivity contribution in [1.29, 1.82) is 5.26 Å². The van der Waals surface area contributed by atoms with Crippen LogP contribution >= 0.6 is 0 Å². The minimum absolute atomic E-state index is 0.235. The fourth-order valence-corrected chi connectivity index (χ4v) is 2.36. The van der Waals surface area contributed by atoms with E-state index in [0.29, 0.717) is 24.2 Å². The Bertz CT molecular complexity index is 781.